The maximum atomic E-state index is 12.4. The summed E-state index contributed by atoms with van der Waals surface area (Å²) in [5.74, 6) is 0.426. The Morgan fingerprint density at radius 1 is 1.42 bits per heavy atom. The number of hydrogen-bond donors (Lipinski definition) is 1. The van der Waals surface area contributed by atoms with E-state index in [1.807, 2.05) is 24.3 Å². The van der Waals surface area contributed by atoms with Crippen LogP contribution >= 0.6 is 0 Å². The minimum absolute atomic E-state index is 0.0299. The molecule has 1 heterocycles. The van der Waals surface area contributed by atoms with Gasteiger partial charge in [-0.15, -0.1) is 0 Å². The second-order valence-electron chi connectivity index (χ2n) is 5.19. The second-order valence-corrected chi connectivity index (χ2v) is 5.19. The van der Waals surface area contributed by atoms with Crippen LogP contribution in [0.4, 0.5) is 0 Å². The molecule has 4 nitrogen and oxygen atoms in total. The van der Waals surface area contributed by atoms with Crippen molar-refractivity contribution in [2.75, 3.05) is 26.4 Å². The third-order valence-corrected chi connectivity index (χ3v) is 3.52. The number of nitrogens with zero attached hydrogens (tertiary/aromatic N) is 1. The van der Waals surface area contributed by atoms with Crippen LogP contribution in [-0.4, -0.2) is 48.3 Å². The van der Waals surface area contributed by atoms with E-state index in [0.717, 1.165) is 0 Å². The molecule has 0 spiro atoms. The monoisotopic (exact) mass is 263 g/mol. The third kappa shape index (κ3) is 3.14. The number of benzene rings is 1. The molecule has 1 aromatic rings. The molecule has 1 fully saturated rings. The van der Waals surface area contributed by atoms with Crippen molar-refractivity contribution in [2.45, 2.75) is 25.8 Å². The smallest absolute Gasteiger partial charge is 0.254 e. The normalized spacial score (nSPS) is 19.8. The standard InChI is InChI=1S/C15H21NO3/c1-11(2)12-3-5-13(6-4-12)15(18)16-7-8-19-10-14(16)9-17/h3-6,11,14,17H,7-10H2,1-2H3. The predicted octanol–water partition coefficient (Wildman–Crippen LogP) is 1.64. The van der Waals surface area contributed by atoms with Gasteiger partial charge in [-0.05, 0) is 23.6 Å². The molecule has 1 aliphatic heterocycles. The Morgan fingerprint density at radius 3 is 2.68 bits per heavy atom. The summed E-state index contributed by atoms with van der Waals surface area (Å²) < 4.78 is 5.29. The number of amides is 1. The highest BCUT2D eigenvalue weighted by Gasteiger charge is 2.27. The zero-order chi connectivity index (χ0) is 13.8. The average Bonchev–Trinajstić information content (AvgIpc) is 2.46. The number of aliphatic hydroxyl groups is 1. The summed E-state index contributed by atoms with van der Waals surface area (Å²) >= 11 is 0. The first-order valence-corrected chi connectivity index (χ1v) is 6.73. The van der Waals surface area contributed by atoms with Gasteiger partial charge in [0.15, 0.2) is 0 Å². The molecule has 1 saturated heterocycles. The number of aliphatic hydroxyl groups excluding tert-OH is 1. The van der Waals surface area contributed by atoms with Crippen LogP contribution in [0.2, 0.25) is 0 Å². The Morgan fingerprint density at radius 2 is 2.11 bits per heavy atom. The van der Waals surface area contributed by atoms with Gasteiger partial charge < -0.3 is 14.7 Å². The van der Waals surface area contributed by atoms with E-state index in [1.165, 1.54) is 5.56 Å². The predicted molar refractivity (Wildman–Crippen MR) is 73.3 cm³/mol. The van der Waals surface area contributed by atoms with Crippen molar-refractivity contribution in [3.63, 3.8) is 0 Å². The fourth-order valence-electron chi connectivity index (χ4n) is 2.25. The lowest BCUT2D eigenvalue weighted by Gasteiger charge is -2.34. The lowest BCUT2D eigenvalue weighted by atomic mass is 10.0. The average molecular weight is 263 g/mol. The summed E-state index contributed by atoms with van der Waals surface area (Å²) in [4.78, 5) is 14.1. The van der Waals surface area contributed by atoms with Crippen LogP contribution in [0.5, 0.6) is 0 Å². The van der Waals surface area contributed by atoms with Gasteiger partial charge in [-0.3, -0.25) is 4.79 Å². The van der Waals surface area contributed by atoms with E-state index in [4.69, 9.17) is 4.74 Å². The van der Waals surface area contributed by atoms with Crippen molar-refractivity contribution in [2.24, 2.45) is 0 Å². The van der Waals surface area contributed by atoms with Crippen LogP contribution in [-0.2, 0) is 4.74 Å². The highest BCUT2D eigenvalue weighted by molar-refractivity contribution is 5.94. The molecule has 0 saturated carbocycles. The van der Waals surface area contributed by atoms with Crippen molar-refractivity contribution in [3.05, 3.63) is 35.4 Å². The highest BCUT2D eigenvalue weighted by atomic mass is 16.5. The summed E-state index contributed by atoms with van der Waals surface area (Å²) in [7, 11) is 0. The minimum Gasteiger partial charge on any atom is -0.394 e. The topological polar surface area (TPSA) is 49.8 Å². The molecular formula is C15H21NO3. The van der Waals surface area contributed by atoms with Gasteiger partial charge >= 0.3 is 0 Å². The molecule has 1 amide bonds. The molecule has 1 aromatic carbocycles. The van der Waals surface area contributed by atoms with Gasteiger partial charge in [0, 0.05) is 12.1 Å². The molecule has 104 valence electrons. The Labute approximate surface area is 114 Å². The van der Waals surface area contributed by atoms with Gasteiger partial charge in [0.2, 0.25) is 0 Å². The van der Waals surface area contributed by atoms with Crippen LogP contribution in [0.15, 0.2) is 24.3 Å². The number of hydrogen-bond acceptors (Lipinski definition) is 3. The fraction of sp³-hybridized carbons (Fsp3) is 0.533. The Kier molecular flexibility index (Phi) is 4.56. The summed E-state index contributed by atoms with van der Waals surface area (Å²) in [6.45, 7) is 5.67. The van der Waals surface area contributed by atoms with E-state index >= 15 is 0 Å². The van der Waals surface area contributed by atoms with Gasteiger partial charge in [-0.2, -0.15) is 0 Å². The molecule has 1 aliphatic rings. The van der Waals surface area contributed by atoms with Gasteiger partial charge in [0.1, 0.15) is 0 Å². The molecule has 0 aromatic heterocycles. The first kappa shape index (κ1) is 14.0. The summed E-state index contributed by atoms with van der Waals surface area (Å²) in [6.07, 6.45) is 0. The zero-order valence-electron chi connectivity index (χ0n) is 11.5. The SMILES string of the molecule is CC(C)c1ccc(C(=O)N2CCOCC2CO)cc1. The van der Waals surface area contributed by atoms with Crippen molar-refractivity contribution in [1.29, 1.82) is 0 Å². The van der Waals surface area contributed by atoms with Gasteiger partial charge in [-0.1, -0.05) is 26.0 Å². The van der Waals surface area contributed by atoms with E-state index in [2.05, 4.69) is 13.8 Å². The number of morpholine rings is 1. The van der Waals surface area contributed by atoms with E-state index in [1.54, 1.807) is 4.90 Å². The second kappa shape index (κ2) is 6.17. The number of carbonyl (C=O) groups excluding carboxylic acids is 1. The van der Waals surface area contributed by atoms with E-state index in [9.17, 15) is 9.90 Å². The number of ether oxygens (including phenoxy) is 1. The van der Waals surface area contributed by atoms with E-state index in [0.29, 0.717) is 31.2 Å². The molecule has 4 heteroatoms. The fourth-order valence-corrected chi connectivity index (χ4v) is 2.25. The first-order valence-electron chi connectivity index (χ1n) is 6.73. The largest absolute Gasteiger partial charge is 0.394 e. The van der Waals surface area contributed by atoms with Gasteiger partial charge in [-0.25, -0.2) is 0 Å². The molecule has 1 unspecified atom stereocenters. The van der Waals surface area contributed by atoms with Crippen molar-refractivity contribution >= 4 is 5.91 Å². The Hall–Kier alpha value is -1.39. The molecular weight excluding hydrogens is 242 g/mol. The minimum atomic E-state index is -0.231. The summed E-state index contributed by atoms with van der Waals surface area (Å²) in [5, 5.41) is 9.30. The number of rotatable bonds is 3. The van der Waals surface area contributed by atoms with Crippen molar-refractivity contribution < 1.29 is 14.6 Å². The molecule has 2 rings (SSSR count). The molecule has 0 radical (unpaired) electrons. The summed E-state index contributed by atoms with van der Waals surface area (Å²) in [6, 6.07) is 7.48. The maximum absolute atomic E-state index is 12.4. The zero-order valence-corrected chi connectivity index (χ0v) is 11.5. The van der Waals surface area contributed by atoms with Gasteiger partial charge in [0.25, 0.3) is 5.91 Å². The molecule has 1 N–H and O–H groups in total. The van der Waals surface area contributed by atoms with Crippen molar-refractivity contribution in [1.82, 2.24) is 4.90 Å². The van der Waals surface area contributed by atoms with E-state index in [-0.39, 0.29) is 18.6 Å². The van der Waals surface area contributed by atoms with Crippen LogP contribution in [0, 0.1) is 0 Å². The number of carbonyl (C=O) groups is 1. The van der Waals surface area contributed by atoms with Crippen molar-refractivity contribution in [3.8, 4) is 0 Å². The molecule has 0 aliphatic carbocycles. The summed E-state index contributed by atoms with van der Waals surface area (Å²) in [5.41, 5.74) is 1.89. The first-order chi connectivity index (χ1) is 9.13. The Bertz CT molecular complexity index is 428. The molecule has 0 bridgehead atoms. The quantitative estimate of drug-likeness (QED) is 0.902. The lowest BCUT2D eigenvalue weighted by molar-refractivity contribution is -0.0183. The van der Waals surface area contributed by atoms with Crippen LogP contribution in [0.25, 0.3) is 0 Å². The van der Waals surface area contributed by atoms with Crippen LogP contribution in [0.3, 0.4) is 0 Å². The molecule has 1 atom stereocenters. The maximum Gasteiger partial charge on any atom is 0.254 e. The van der Waals surface area contributed by atoms with E-state index < -0.39 is 0 Å². The highest BCUT2D eigenvalue weighted by Crippen LogP contribution is 2.17. The lowest BCUT2D eigenvalue weighted by Crippen LogP contribution is -2.50. The Balaban J connectivity index is 2.13. The van der Waals surface area contributed by atoms with Crippen LogP contribution < -0.4 is 0 Å². The van der Waals surface area contributed by atoms with Gasteiger partial charge in [0.05, 0.1) is 25.9 Å². The molecule has 19 heavy (non-hydrogen) atoms. The van der Waals surface area contributed by atoms with Crippen LogP contribution in [0.1, 0.15) is 35.7 Å². The third-order valence-electron chi connectivity index (χ3n) is 3.52.